The molecular weight excluding hydrogens is 508 g/mol. The van der Waals surface area contributed by atoms with Gasteiger partial charge in [-0.25, -0.2) is 10.2 Å². The Morgan fingerprint density at radius 3 is 2.54 bits per heavy atom. The number of nitrogens with one attached hydrogen (secondary N) is 1. The number of fused-ring (bicyclic) bond motifs is 2. The number of hydrogen-bond acceptors (Lipinski definition) is 6. The van der Waals surface area contributed by atoms with Crippen molar-refractivity contribution in [2.45, 2.75) is 13.0 Å². The molecule has 0 radical (unpaired) electrons. The summed E-state index contributed by atoms with van der Waals surface area (Å²) in [6, 6.07) is 27.9. The van der Waals surface area contributed by atoms with E-state index in [0.29, 0.717) is 27.0 Å². The average Bonchev–Trinajstić information content (AvgIpc) is 3.25. The molecule has 1 amide bonds. The Balaban J connectivity index is 1.19. The molecule has 0 unspecified atom stereocenters. The summed E-state index contributed by atoms with van der Waals surface area (Å²) in [5.74, 6) is 0.0000387. The highest BCUT2D eigenvalue weighted by atomic mass is 35.5. The molecule has 1 aromatic heterocycles. The lowest BCUT2D eigenvalue weighted by atomic mass is 10.1. The van der Waals surface area contributed by atoms with Gasteiger partial charge in [-0.05, 0) is 53.6 Å². The van der Waals surface area contributed by atoms with Crippen molar-refractivity contribution in [1.82, 2.24) is 5.43 Å². The monoisotopic (exact) mass is 528 g/mol. The van der Waals surface area contributed by atoms with Crippen molar-refractivity contribution < 1.29 is 19.1 Å². The van der Waals surface area contributed by atoms with E-state index in [1.807, 2.05) is 66.7 Å². The van der Waals surface area contributed by atoms with Crippen LogP contribution in [0.2, 0.25) is 5.02 Å². The van der Waals surface area contributed by atoms with Crippen LogP contribution in [0.5, 0.6) is 11.5 Å². The van der Waals surface area contributed by atoms with Gasteiger partial charge in [0.15, 0.2) is 6.10 Å². The van der Waals surface area contributed by atoms with Gasteiger partial charge in [0.2, 0.25) is 0 Å². The molecule has 0 saturated heterocycles. The second-order valence-corrected chi connectivity index (χ2v) is 9.64. The summed E-state index contributed by atoms with van der Waals surface area (Å²) in [6.07, 6.45) is 0.710. The number of esters is 1. The van der Waals surface area contributed by atoms with E-state index in [1.54, 1.807) is 31.2 Å². The third kappa shape index (κ3) is 5.63. The molecule has 0 bridgehead atoms. The highest BCUT2D eigenvalue weighted by Gasteiger charge is 2.19. The topological polar surface area (TPSA) is 77.0 Å². The van der Waals surface area contributed by atoms with Gasteiger partial charge in [0.25, 0.3) is 5.91 Å². The van der Waals surface area contributed by atoms with Gasteiger partial charge in [-0.2, -0.15) is 5.10 Å². The number of amides is 1. The largest absolute Gasteiger partial charge is 0.481 e. The van der Waals surface area contributed by atoms with Gasteiger partial charge in [-0.3, -0.25) is 4.79 Å². The molecule has 6 nitrogen and oxygen atoms in total. The molecule has 37 heavy (non-hydrogen) atoms. The summed E-state index contributed by atoms with van der Waals surface area (Å²) in [5.41, 5.74) is 3.11. The number of ether oxygens (including phenoxy) is 2. The van der Waals surface area contributed by atoms with Crippen molar-refractivity contribution in [1.29, 1.82) is 0 Å². The Labute approximate surface area is 222 Å². The van der Waals surface area contributed by atoms with Crippen LogP contribution in [0.15, 0.2) is 96.1 Å². The minimum atomic E-state index is -0.753. The van der Waals surface area contributed by atoms with Crippen LogP contribution in [-0.2, 0) is 4.79 Å². The maximum Gasteiger partial charge on any atom is 0.355 e. The lowest BCUT2D eigenvalue weighted by Gasteiger charge is -2.13. The number of carbonyl (C=O) groups is 2. The third-order valence-electron chi connectivity index (χ3n) is 5.58. The molecule has 0 aliphatic rings. The van der Waals surface area contributed by atoms with E-state index >= 15 is 0 Å². The van der Waals surface area contributed by atoms with Crippen LogP contribution in [0.25, 0.3) is 20.9 Å². The Morgan fingerprint density at radius 1 is 0.919 bits per heavy atom. The van der Waals surface area contributed by atoms with Crippen LogP contribution in [0.1, 0.15) is 22.2 Å². The first-order valence-electron chi connectivity index (χ1n) is 11.5. The standard InChI is InChI=1S/C29H21ClN2O4S/c1-18(35-23-14-13-20-8-2-3-9-21(20)16-23)28(33)32-31-17-19-7-6-10-22(15-19)36-29(34)27-26(30)24-11-4-5-12-25(24)37-27/h2-18H,1H3,(H,32,33)/b31-17-/t18-/m1/s1. The van der Waals surface area contributed by atoms with Crippen molar-refractivity contribution in [3.8, 4) is 11.5 Å². The molecule has 0 saturated carbocycles. The molecule has 184 valence electrons. The molecule has 1 N–H and O–H groups in total. The van der Waals surface area contributed by atoms with Crippen molar-refractivity contribution in [3.63, 3.8) is 0 Å². The van der Waals surface area contributed by atoms with E-state index < -0.39 is 18.0 Å². The first kappa shape index (κ1) is 24.5. The Bertz CT molecular complexity index is 1650. The molecule has 0 fully saturated rings. The van der Waals surface area contributed by atoms with Crippen molar-refractivity contribution in [2.75, 3.05) is 0 Å². The Morgan fingerprint density at radius 2 is 1.70 bits per heavy atom. The fraction of sp³-hybridized carbons (Fsp3) is 0.0690. The summed E-state index contributed by atoms with van der Waals surface area (Å²) < 4.78 is 12.2. The fourth-order valence-corrected chi connectivity index (χ4v) is 5.10. The quantitative estimate of drug-likeness (QED) is 0.108. The maximum absolute atomic E-state index is 12.7. The first-order valence-corrected chi connectivity index (χ1v) is 12.6. The number of benzene rings is 4. The van der Waals surface area contributed by atoms with E-state index in [2.05, 4.69) is 10.5 Å². The second kappa shape index (κ2) is 10.8. The number of hydrazone groups is 1. The number of carbonyl (C=O) groups excluding carboxylic acids is 2. The van der Waals surface area contributed by atoms with Gasteiger partial charge in [0, 0.05) is 10.1 Å². The summed E-state index contributed by atoms with van der Waals surface area (Å²) in [6.45, 7) is 1.65. The fourth-order valence-electron chi connectivity index (χ4n) is 3.72. The average molecular weight is 529 g/mol. The van der Waals surface area contributed by atoms with Gasteiger partial charge in [-0.15, -0.1) is 11.3 Å². The highest BCUT2D eigenvalue weighted by molar-refractivity contribution is 7.21. The highest BCUT2D eigenvalue weighted by Crippen LogP contribution is 2.35. The van der Waals surface area contributed by atoms with E-state index in [0.717, 1.165) is 20.9 Å². The molecule has 0 aliphatic carbocycles. The van der Waals surface area contributed by atoms with E-state index in [1.165, 1.54) is 17.6 Å². The van der Waals surface area contributed by atoms with Crippen molar-refractivity contribution >= 4 is 61.9 Å². The van der Waals surface area contributed by atoms with Crippen LogP contribution in [0, 0.1) is 0 Å². The van der Waals surface area contributed by atoms with Gasteiger partial charge in [-0.1, -0.05) is 72.3 Å². The molecule has 5 rings (SSSR count). The number of halogens is 1. The van der Waals surface area contributed by atoms with Crippen LogP contribution in [-0.4, -0.2) is 24.2 Å². The van der Waals surface area contributed by atoms with Gasteiger partial charge >= 0.3 is 5.97 Å². The van der Waals surface area contributed by atoms with Gasteiger partial charge < -0.3 is 9.47 Å². The maximum atomic E-state index is 12.7. The molecule has 0 spiro atoms. The minimum absolute atomic E-state index is 0.335. The van der Waals surface area contributed by atoms with Crippen LogP contribution < -0.4 is 14.9 Å². The van der Waals surface area contributed by atoms with E-state index in [-0.39, 0.29) is 0 Å². The third-order valence-corrected chi connectivity index (χ3v) is 7.24. The predicted octanol–water partition coefficient (Wildman–Crippen LogP) is 6.84. The number of rotatable bonds is 7. The SMILES string of the molecule is C[C@@H](Oc1ccc2ccccc2c1)C(=O)N/N=C\c1cccc(OC(=O)c2sc3ccccc3c2Cl)c1. The summed E-state index contributed by atoms with van der Waals surface area (Å²) in [5, 5.41) is 7.33. The van der Waals surface area contributed by atoms with Crippen LogP contribution >= 0.6 is 22.9 Å². The normalized spacial score (nSPS) is 12.1. The Kier molecular flexibility index (Phi) is 7.16. The number of thiophene rings is 1. The molecule has 5 aromatic rings. The summed E-state index contributed by atoms with van der Waals surface area (Å²) in [7, 11) is 0. The predicted molar refractivity (Wildman–Crippen MR) is 148 cm³/mol. The van der Waals surface area contributed by atoms with Gasteiger partial charge in [0.1, 0.15) is 16.4 Å². The van der Waals surface area contributed by atoms with Crippen LogP contribution in [0.4, 0.5) is 0 Å². The zero-order chi connectivity index (χ0) is 25.8. The van der Waals surface area contributed by atoms with Crippen molar-refractivity contribution in [2.24, 2.45) is 5.10 Å². The minimum Gasteiger partial charge on any atom is -0.481 e. The molecular formula is C29H21ClN2O4S. The molecule has 1 atom stereocenters. The van der Waals surface area contributed by atoms with E-state index in [9.17, 15) is 9.59 Å². The lowest BCUT2D eigenvalue weighted by molar-refractivity contribution is -0.127. The van der Waals surface area contributed by atoms with Gasteiger partial charge in [0.05, 0.1) is 11.2 Å². The number of nitrogens with zero attached hydrogens (tertiary/aromatic N) is 1. The zero-order valence-electron chi connectivity index (χ0n) is 19.7. The number of hydrogen-bond donors (Lipinski definition) is 1. The van der Waals surface area contributed by atoms with Crippen molar-refractivity contribution in [3.05, 3.63) is 106 Å². The smallest absolute Gasteiger partial charge is 0.355 e. The first-order chi connectivity index (χ1) is 18.0. The molecule has 1 heterocycles. The second-order valence-electron chi connectivity index (χ2n) is 8.21. The zero-order valence-corrected chi connectivity index (χ0v) is 21.3. The Hall–Kier alpha value is -4.20. The summed E-state index contributed by atoms with van der Waals surface area (Å²) in [4.78, 5) is 25.5. The molecule has 4 aromatic carbocycles. The lowest BCUT2D eigenvalue weighted by Crippen LogP contribution is -2.33. The summed E-state index contributed by atoms with van der Waals surface area (Å²) >= 11 is 7.67. The molecule has 0 aliphatic heterocycles. The molecule has 8 heteroatoms. The van der Waals surface area contributed by atoms with Crippen LogP contribution in [0.3, 0.4) is 0 Å². The van der Waals surface area contributed by atoms with E-state index in [4.69, 9.17) is 21.1 Å².